The van der Waals surface area contributed by atoms with E-state index in [0.717, 1.165) is 37.3 Å². The third-order valence-corrected chi connectivity index (χ3v) is 3.19. The van der Waals surface area contributed by atoms with Crippen LogP contribution in [-0.2, 0) is 0 Å². The molecule has 1 fully saturated rings. The van der Waals surface area contributed by atoms with Crippen LogP contribution in [0.5, 0.6) is 0 Å². The number of rotatable bonds is 3. The molecule has 1 aromatic heterocycles. The minimum Gasteiger partial charge on any atom is -0.393 e. The third kappa shape index (κ3) is 2.92. The van der Waals surface area contributed by atoms with Crippen molar-refractivity contribution in [3.05, 3.63) is 18.1 Å². The molecule has 0 aromatic carbocycles. The predicted octanol–water partition coefficient (Wildman–Crippen LogP) is 1.75. The van der Waals surface area contributed by atoms with Crippen LogP contribution in [0.15, 0.2) is 12.4 Å². The molecule has 1 aliphatic rings. The topological polar surface area (TPSA) is 58.0 Å². The van der Waals surface area contributed by atoms with Crippen molar-refractivity contribution in [2.24, 2.45) is 5.92 Å². The quantitative estimate of drug-likeness (QED) is 0.816. The van der Waals surface area contributed by atoms with Crippen molar-refractivity contribution in [3.63, 3.8) is 0 Å². The van der Waals surface area contributed by atoms with E-state index < -0.39 is 0 Å². The number of aliphatic hydroxyl groups is 1. The van der Waals surface area contributed by atoms with E-state index in [1.54, 1.807) is 12.4 Å². The maximum absolute atomic E-state index is 9.58. The summed E-state index contributed by atoms with van der Waals surface area (Å²) in [7, 11) is 0. The third-order valence-electron chi connectivity index (χ3n) is 3.19. The Kier molecular flexibility index (Phi) is 3.72. The second-order valence-corrected chi connectivity index (χ2v) is 4.56. The maximum atomic E-state index is 9.58. The lowest BCUT2D eigenvalue weighted by molar-refractivity contribution is 0.104. The molecule has 0 radical (unpaired) electrons. The van der Waals surface area contributed by atoms with Gasteiger partial charge in [-0.15, -0.1) is 0 Å². The van der Waals surface area contributed by atoms with Gasteiger partial charge in [-0.2, -0.15) is 0 Å². The van der Waals surface area contributed by atoms with Crippen LogP contribution in [0.4, 0.5) is 5.82 Å². The molecule has 0 bridgehead atoms. The summed E-state index contributed by atoms with van der Waals surface area (Å²) in [5.74, 6) is 1.42. The fourth-order valence-electron chi connectivity index (χ4n) is 2.27. The number of hydrogen-bond acceptors (Lipinski definition) is 4. The Labute approximate surface area is 96.1 Å². The summed E-state index contributed by atoms with van der Waals surface area (Å²) >= 11 is 0. The molecule has 0 amide bonds. The molecule has 4 nitrogen and oxygen atoms in total. The molecular formula is C12H19N3O. The molecule has 1 saturated carbocycles. The molecule has 1 aromatic rings. The first-order valence-corrected chi connectivity index (χ1v) is 5.95. The molecule has 1 heterocycles. The summed E-state index contributed by atoms with van der Waals surface area (Å²) in [6.07, 6.45) is 7.49. The zero-order valence-electron chi connectivity index (χ0n) is 9.69. The number of anilines is 1. The van der Waals surface area contributed by atoms with E-state index in [1.807, 2.05) is 6.92 Å². The van der Waals surface area contributed by atoms with Gasteiger partial charge in [0.25, 0.3) is 0 Å². The van der Waals surface area contributed by atoms with Crippen LogP contribution in [0.25, 0.3) is 0 Å². The van der Waals surface area contributed by atoms with E-state index >= 15 is 0 Å². The van der Waals surface area contributed by atoms with Crippen LogP contribution in [0.2, 0.25) is 0 Å². The number of aliphatic hydroxyl groups excluding tert-OH is 1. The SMILES string of the molecule is Cc1nccnc1NCC1CCCC(O)C1. The minimum absolute atomic E-state index is 0.108. The lowest BCUT2D eigenvalue weighted by Gasteiger charge is -2.26. The van der Waals surface area contributed by atoms with E-state index in [4.69, 9.17) is 0 Å². The van der Waals surface area contributed by atoms with Crippen LogP contribution in [0, 0.1) is 12.8 Å². The largest absolute Gasteiger partial charge is 0.393 e. The summed E-state index contributed by atoms with van der Waals surface area (Å²) in [5.41, 5.74) is 0.929. The van der Waals surface area contributed by atoms with E-state index in [1.165, 1.54) is 6.42 Å². The molecule has 0 saturated heterocycles. The highest BCUT2D eigenvalue weighted by Gasteiger charge is 2.19. The average molecular weight is 221 g/mol. The molecule has 0 spiro atoms. The molecule has 0 aliphatic heterocycles. The van der Waals surface area contributed by atoms with Crippen molar-refractivity contribution in [2.75, 3.05) is 11.9 Å². The monoisotopic (exact) mass is 221 g/mol. The fraction of sp³-hybridized carbons (Fsp3) is 0.667. The molecule has 2 N–H and O–H groups in total. The minimum atomic E-state index is -0.108. The fourth-order valence-corrected chi connectivity index (χ4v) is 2.27. The van der Waals surface area contributed by atoms with Gasteiger partial charge in [0, 0.05) is 18.9 Å². The highest BCUT2D eigenvalue weighted by molar-refractivity contribution is 5.38. The first-order chi connectivity index (χ1) is 7.75. The van der Waals surface area contributed by atoms with Crippen LogP contribution in [0.1, 0.15) is 31.4 Å². The van der Waals surface area contributed by atoms with E-state index in [-0.39, 0.29) is 6.10 Å². The number of aromatic nitrogens is 2. The normalized spacial score (nSPS) is 25.4. The second-order valence-electron chi connectivity index (χ2n) is 4.56. The van der Waals surface area contributed by atoms with Crippen molar-refractivity contribution in [3.8, 4) is 0 Å². The highest BCUT2D eigenvalue weighted by atomic mass is 16.3. The van der Waals surface area contributed by atoms with Gasteiger partial charge in [-0.3, -0.25) is 4.98 Å². The Morgan fingerprint density at radius 1 is 1.38 bits per heavy atom. The zero-order valence-corrected chi connectivity index (χ0v) is 9.69. The van der Waals surface area contributed by atoms with E-state index in [9.17, 15) is 5.11 Å². The van der Waals surface area contributed by atoms with Crippen LogP contribution >= 0.6 is 0 Å². The van der Waals surface area contributed by atoms with Gasteiger partial charge in [-0.25, -0.2) is 4.98 Å². The lowest BCUT2D eigenvalue weighted by atomic mass is 9.87. The van der Waals surface area contributed by atoms with Gasteiger partial charge in [0.05, 0.1) is 11.8 Å². The Bertz CT molecular complexity index is 343. The Morgan fingerprint density at radius 2 is 2.19 bits per heavy atom. The van der Waals surface area contributed by atoms with Gasteiger partial charge in [0.2, 0.25) is 0 Å². The second kappa shape index (κ2) is 5.25. The van der Waals surface area contributed by atoms with Gasteiger partial charge in [0.1, 0.15) is 5.82 Å². The molecule has 2 atom stereocenters. The Balaban J connectivity index is 1.85. The standard InChI is InChI=1S/C12H19N3O/c1-9-12(14-6-5-13-9)15-8-10-3-2-4-11(16)7-10/h5-6,10-11,16H,2-4,7-8H2,1H3,(H,14,15). The van der Waals surface area contributed by atoms with Crippen molar-refractivity contribution >= 4 is 5.82 Å². The smallest absolute Gasteiger partial charge is 0.147 e. The summed E-state index contributed by atoms with van der Waals surface area (Å²) < 4.78 is 0. The number of nitrogens with zero attached hydrogens (tertiary/aromatic N) is 2. The van der Waals surface area contributed by atoms with Crippen molar-refractivity contribution in [2.45, 2.75) is 38.7 Å². The summed E-state index contributed by atoms with van der Waals surface area (Å²) in [4.78, 5) is 8.43. The number of aryl methyl sites for hydroxylation is 1. The van der Waals surface area contributed by atoms with Crippen LogP contribution in [-0.4, -0.2) is 27.7 Å². The molecular weight excluding hydrogens is 202 g/mol. The van der Waals surface area contributed by atoms with Crippen LogP contribution in [0.3, 0.4) is 0 Å². The summed E-state index contributed by atoms with van der Waals surface area (Å²) in [5, 5.41) is 12.9. The summed E-state index contributed by atoms with van der Waals surface area (Å²) in [6.45, 7) is 2.83. The summed E-state index contributed by atoms with van der Waals surface area (Å²) in [6, 6.07) is 0. The van der Waals surface area contributed by atoms with E-state index in [2.05, 4.69) is 15.3 Å². The first-order valence-electron chi connectivity index (χ1n) is 5.95. The molecule has 4 heteroatoms. The number of nitrogens with one attached hydrogen (secondary N) is 1. The van der Waals surface area contributed by atoms with E-state index in [0.29, 0.717) is 5.92 Å². The van der Waals surface area contributed by atoms with Gasteiger partial charge in [-0.1, -0.05) is 6.42 Å². The average Bonchev–Trinajstić information content (AvgIpc) is 2.28. The molecule has 2 unspecified atom stereocenters. The first kappa shape index (κ1) is 11.3. The van der Waals surface area contributed by atoms with Crippen molar-refractivity contribution in [1.82, 2.24) is 9.97 Å². The van der Waals surface area contributed by atoms with Crippen molar-refractivity contribution in [1.29, 1.82) is 0 Å². The Hall–Kier alpha value is -1.16. The Morgan fingerprint density at radius 3 is 2.94 bits per heavy atom. The molecule has 16 heavy (non-hydrogen) atoms. The lowest BCUT2D eigenvalue weighted by Crippen LogP contribution is -2.25. The molecule has 1 aliphatic carbocycles. The van der Waals surface area contributed by atoms with Gasteiger partial charge >= 0.3 is 0 Å². The maximum Gasteiger partial charge on any atom is 0.147 e. The van der Waals surface area contributed by atoms with Gasteiger partial charge < -0.3 is 10.4 Å². The van der Waals surface area contributed by atoms with Gasteiger partial charge in [-0.05, 0) is 32.1 Å². The van der Waals surface area contributed by atoms with Gasteiger partial charge in [0.15, 0.2) is 0 Å². The number of hydrogen-bond donors (Lipinski definition) is 2. The van der Waals surface area contributed by atoms with Crippen LogP contribution < -0.4 is 5.32 Å². The zero-order chi connectivity index (χ0) is 11.4. The molecule has 2 rings (SSSR count). The van der Waals surface area contributed by atoms with Crippen molar-refractivity contribution < 1.29 is 5.11 Å². The predicted molar refractivity (Wildman–Crippen MR) is 63.2 cm³/mol. The highest BCUT2D eigenvalue weighted by Crippen LogP contribution is 2.24. The molecule has 88 valence electrons.